The van der Waals surface area contributed by atoms with Gasteiger partial charge in [0.1, 0.15) is 12.0 Å². The van der Waals surface area contributed by atoms with Gasteiger partial charge in [0.05, 0.1) is 26.2 Å². The van der Waals surface area contributed by atoms with Gasteiger partial charge in [-0.1, -0.05) is 54.6 Å². The Kier molecular flexibility index (Phi) is 4.92. The third-order valence-electron chi connectivity index (χ3n) is 5.72. The summed E-state index contributed by atoms with van der Waals surface area (Å²) in [6.07, 6.45) is 3.68. The summed E-state index contributed by atoms with van der Waals surface area (Å²) in [6.45, 7) is 0. The van der Waals surface area contributed by atoms with E-state index in [1.807, 2.05) is 36.4 Å². The molecule has 0 aromatic heterocycles. The van der Waals surface area contributed by atoms with Crippen LogP contribution in [0.3, 0.4) is 0 Å². The van der Waals surface area contributed by atoms with Crippen LogP contribution in [0.5, 0.6) is 0 Å². The van der Waals surface area contributed by atoms with Crippen molar-refractivity contribution in [3.63, 3.8) is 0 Å². The van der Waals surface area contributed by atoms with Crippen LogP contribution in [0.1, 0.15) is 27.5 Å². The zero-order valence-electron chi connectivity index (χ0n) is 16.1. The molecule has 2 heterocycles. The van der Waals surface area contributed by atoms with Crippen molar-refractivity contribution in [3.05, 3.63) is 77.5 Å². The van der Waals surface area contributed by atoms with Gasteiger partial charge in [-0.2, -0.15) is 0 Å². The number of hydrogen-bond donors (Lipinski definition) is 0. The van der Waals surface area contributed by atoms with Gasteiger partial charge in [-0.25, -0.2) is 0 Å². The fourth-order valence-electron chi connectivity index (χ4n) is 4.47. The minimum Gasteiger partial charge on any atom is -0.469 e. The van der Waals surface area contributed by atoms with Gasteiger partial charge in [0.2, 0.25) is 0 Å². The van der Waals surface area contributed by atoms with Gasteiger partial charge in [0.25, 0.3) is 0 Å². The van der Waals surface area contributed by atoms with Crippen LogP contribution in [0.2, 0.25) is 0 Å². The van der Waals surface area contributed by atoms with Crippen molar-refractivity contribution in [1.82, 2.24) is 4.90 Å². The Hall–Kier alpha value is -3.41. The first-order chi connectivity index (χ1) is 14.1. The summed E-state index contributed by atoms with van der Waals surface area (Å²) in [5.74, 6) is -3.22. The number of rotatable bonds is 4. The van der Waals surface area contributed by atoms with Gasteiger partial charge < -0.3 is 14.4 Å². The molecule has 6 nitrogen and oxygen atoms in total. The second-order valence-electron chi connectivity index (χ2n) is 7.11. The van der Waals surface area contributed by atoms with Crippen LogP contribution >= 0.6 is 0 Å². The summed E-state index contributed by atoms with van der Waals surface area (Å²) in [4.78, 5) is 40.9. The van der Waals surface area contributed by atoms with Gasteiger partial charge in [0.15, 0.2) is 5.78 Å². The normalized spacial score (nSPS) is 24.4. The van der Waals surface area contributed by atoms with E-state index in [4.69, 9.17) is 9.47 Å². The molecule has 0 saturated carbocycles. The Morgan fingerprint density at radius 3 is 2.14 bits per heavy atom. The van der Waals surface area contributed by atoms with E-state index in [9.17, 15) is 14.4 Å². The monoisotopic (exact) mass is 391 g/mol. The predicted molar refractivity (Wildman–Crippen MR) is 106 cm³/mol. The van der Waals surface area contributed by atoms with Crippen LogP contribution in [0.15, 0.2) is 60.8 Å². The maximum atomic E-state index is 13.5. The number of ketones is 1. The molecule has 4 rings (SSSR count). The third-order valence-corrected chi connectivity index (χ3v) is 5.72. The molecular weight excluding hydrogens is 370 g/mol. The number of hydrogen-bond acceptors (Lipinski definition) is 6. The molecule has 0 bridgehead atoms. The standard InChI is InChI=1S/C23H21NO5/c1-28-22(26)17-18(23(27)29-2)20(21(25)15-9-4-3-5-10-15)24-13-12-14-8-6-7-11-16(14)19(17)24/h3-13,17-20H,1-2H3/t17-,18?,19+,20-/m0/s1. The van der Waals surface area contributed by atoms with Crippen molar-refractivity contribution in [3.8, 4) is 0 Å². The lowest BCUT2D eigenvalue weighted by atomic mass is 9.81. The smallest absolute Gasteiger partial charge is 0.312 e. The van der Waals surface area contributed by atoms with E-state index >= 15 is 0 Å². The van der Waals surface area contributed by atoms with Gasteiger partial charge >= 0.3 is 11.9 Å². The average Bonchev–Trinajstić information content (AvgIpc) is 3.13. The van der Waals surface area contributed by atoms with E-state index in [-0.39, 0.29) is 5.78 Å². The number of nitrogens with zero attached hydrogens (tertiary/aromatic N) is 1. The molecule has 4 atom stereocenters. The van der Waals surface area contributed by atoms with E-state index in [1.54, 1.807) is 35.4 Å². The molecule has 2 aliphatic heterocycles. The molecule has 6 heteroatoms. The van der Waals surface area contributed by atoms with E-state index in [2.05, 4.69) is 0 Å². The van der Waals surface area contributed by atoms with E-state index in [0.29, 0.717) is 5.56 Å². The molecule has 148 valence electrons. The number of Topliss-reactive ketones (excluding diaryl/α,β-unsaturated/α-hetero) is 1. The van der Waals surface area contributed by atoms with Crippen LogP contribution in [0, 0.1) is 11.8 Å². The van der Waals surface area contributed by atoms with Crippen molar-refractivity contribution in [2.75, 3.05) is 14.2 Å². The summed E-state index contributed by atoms with van der Waals surface area (Å²) >= 11 is 0. The molecule has 2 aromatic carbocycles. The number of benzene rings is 2. The molecule has 0 spiro atoms. The van der Waals surface area contributed by atoms with Crippen molar-refractivity contribution in [2.45, 2.75) is 12.1 Å². The molecule has 1 fully saturated rings. The fourth-order valence-corrected chi connectivity index (χ4v) is 4.47. The Labute approximate surface area is 168 Å². The topological polar surface area (TPSA) is 72.9 Å². The third kappa shape index (κ3) is 3.01. The van der Waals surface area contributed by atoms with E-state index < -0.39 is 35.9 Å². The summed E-state index contributed by atoms with van der Waals surface area (Å²) in [7, 11) is 2.56. The Morgan fingerprint density at radius 2 is 1.45 bits per heavy atom. The highest BCUT2D eigenvalue weighted by Crippen LogP contribution is 2.50. The quantitative estimate of drug-likeness (QED) is 0.590. The van der Waals surface area contributed by atoms with Gasteiger partial charge in [-0.15, -0.1) is 0 Å². The zero-order valence-corrected chi connectivity index (χ0v) is 16.1. The predicted octanol–water partition coefficient (Wildman–Crippen LogP) is 2.86. The zero-order chi connectivity index (χ0) is 20.5. The minimum absolute atomic E-state index is 0.235. The molecule has 1 unspecified atom stereocenters. The lowest BCUT2D eigenvalue weighted by Gasteiger charge is -2.33. The Morgan fingerprint density at radius 1 is 0.828 bits per heavy atom. The highest BCUT2D eigenvalue weighted by atomic mass is 16.5. The SMILES string of the molecule is COC(=O)C1[C@@H](C(=O)c2ccccc2)N2C=Cc3ccccc3[C@@H]2[C@H]1C(=O)OC. The molecule has 0 radical (unpaired) electrons. The first-order valence-corrected chi connectivity index (χ1v) is 9.38. The first kappa shape index (κ1) is 18.9. The second kappa shape index (κ2) is 7.54. The van der Waals surface area contributed by atoms with Crippen molar-refractivity contribution >= 4 is 23.8 Å². The van der Waals surface area contributed by atoms with Crippen LogP contribution < -0.4 is 0 Å². The molecule has 0 N–H and O–H groups in total. The summed E-state index contributed by atoms with van der Waals surface area (Å²) in [5, 5.41) is 0. The lowest BCUT2D eigenvalue weighted by Crippen LogP contribution is -2.42. The maximum Gasteiger partial charge on any atom is 0.312 e. The van der Waals surface area contributed by atoms with E-state index in [0.717, 1.165) is 11.1 Å². The van der Waals surface area contributed by atoms with E-state index in [1.165, 1.54) is 14.2 Å². The molecule has 29 heavy (non-hydrogen) atoms. The highest BCUT2D eigenvalue weighted by Gasteiger charge is 2.59. The van der Waals surface area contributed by atoms with Gasteiger partial charge in [0, 0.05) is 11.8 Å². The van der Waals surface area contributed by atoms with Crippen molar-refractivity contribution in [1.29, 1.82) is 0 Å². The number of methoxy groups -OCH3 is 2. The fraction of sp³-hybridized carbons (Fsp3) is 0.261. The Bertz CT molecular complexity index is 984. The van der Waals surface area contributed by atoms with Gasteiger partial charge in [-0.3, -0.25) is 14.4 Å². The number of carbonyl (C=O) groups excluding carboxylic acids is 3. The molecule has 0 aliphatic carbocycles. The lowest BCUT2D eigenvalue weighted by molar-refractivity contribution is -0.156. The Balaban J connectivity index is 1.89. The minimum atomic E-state index is -0.985. The second-order valence-corrected chi connectivity index (χ2v) is 7.11. The van der Waals surface area contributed by atoms with Crippen LogP contribution in [0.25, 0.3) is 6.08 Å². The molecule has 2 aromatic rings. The average molecular weight is 391 g/mol. The highest BCUT2D eigenvalue weighted by molar-refractivity contribution is 6.04. The maximum absolute atomic E-state index is 13.5. The largest absolute Gasteiger partial charge is 0.469 e. The number of fused-ring (bicyclic) bond motifs is 3. The summed E-state index contributed by atoms with van der Waals surface area (Å²) in [6, 6.07) is 15.0. The first-order valence-electron chi connectivity index (χ1n) is 9.38. The molecule has 0 amide bonds. The molecule has 2 aliphatic rings. The van der Waals surface area contributed by atoms with Crippen LogP contribution in [-0.4, -0.2) is 42.9 Å². The molecule has 1 saturated heterocycles. The van der Waals surface area contributed by atoms with Crippen molar-refractivity contribution < 1.29 is 23.9 Å². The number of carbonyl (C=O) groups is 3. The molecular formula is C23H21NO5. The number of ether oxygens (including phenoxy) is 2. The number of esters is 2. The summed E-state index contributed by atoms with van der Waals surface area (Å²) in [5.41, 5.74) is 2.30. The van der Waals surface area contributed by atoms with Crippen molar-refractivity contribution in [2.24, 2.45) is 11.8 Å². The van der Waals surface area contributed by atoms with Crippen LogP contribution in [-0.2, 0) is 19.1 Å². The summed E-state index contributed by atoms with van der Waals surface area (Å²) < 4.78 is 10.1. The van der Waals surface area contributed by atoms with Crippen LogP contribution in [0.4, 0.5) is 0 Å². The van der Waals surface area contributed by atoms with Gasteiger partial charge in [-0.05, 0) is 17.2 Å².